The number of rotatable bonds is 4. The minimum Gasteiger partial charge on any atom is -0.459 e. The highest BCUT2D eigenvalue weighted by atomic mass is 19.4. The topological polar surface area (TPSA) is 65.8 Å². The van der Waals surface area contributed by atoms with Crippen molar-refractivity contribution in [2.75, 3.05) is 24.5 Å². The molecule has 5 rings (SSSR count). The maximum absolute atomic E-state index is 14.1. The van der Waals surface area contributed by atoms with Crippen molar-refractivity contribution in [1.29, 1.82) is 0 Å². The van der Waals surface area contributed by atoms with Crippen LogP contribution >= 0.6 is 0 Å². The second-order valence-corrected chi connectivity index (χ2v) is 8.95. The highest BCUT2D eigenvalue weighted by Crippen LogP contribution is 2.40. The molecule has 3 aromatic rings. The van der Waals surface area contributed by atoms with Gasteiger partial charge in [-0.3, -0.25) is 9.59 Å². The number of nitrogens with zero attached hydrogens (tertiary/aromatic N) is 2. The molecular weight excluding hydrogens is 478 g/mol. The zero-order chi connectivity index (χ0) is 25.4. The molecule has 0 bridgehead atoms. The van der Waals surface area contributed by atoms with Crippen LogP contribution in [-0.2, 0) is 23.9 Å². The van der Waals surface area contributed by atoms with E-state index in [1.165, 1.54) is 18.4 Å². The molecule has 10 heteroatoms. The predicted molar refractivity (Wildman–Crippen MR) is 123 cm³/mol. The summed E-state index contributed by atoms with van der Waals surface area (Å²) in [5.41, 5.74) is 0.558. The Labute approximate surface area is 204 Å². The van der Waals surface area contributed by atoms with E-state index >= 15 is 0 Å². The summed E-state index contributed by atoms with van der Waals surface area (Å²) in [7, 11) is 0. The summed E-state index contributed by atoms with van der Waals surface area (Å²) in [6, 6.07) is 12.3. The van der Waals surface area contributed by atoms with Crippen LogP contribution in [0.25, 0.3) is 0 Å². The molecule has 1 saturated heterocycles. The molecular formula is C26H23F4N3O3. The summed E-state index contributed by atoms with van der Waals surface area (Å²) >= 11 is 0. The lowest BCUT2D eigenvalue weighted by atomic mass is 9.82. The quantitative estimate of drug-likeness (QED) is 0.543. The van der Waals surface area contributed by atoms with Crippen molar-refractivity contribution in [3.05, 3.63) is 89.1 Å². The summed E-state index contributed by atoms with van der Waals surface area (Å²) in [6.07, 6.45) is -3.05. The zero-order valence-corrected chi connectivity index (χ0v) is 19.1. The monoisotopic (exact) mass is 501 g/mol. The van der Waals surface area contributed by atoms with Gasteiger partial charge < -0.3 is 19.5 Å². The van der Waals surface area contributed by atoms with Gasteiger partial charge >= 0.3 is 6.18 Å². The van der Waals surface area contributed by atoms with Gasteiger partial charge in [-0.2, -0.15) is 13.2 Å². The van der Waals surface area contributed by atoms with Crippen LogP contribution in [0.5, 0.6) is 0 Å². The number of carbonyl (C=O) groups is 2. The van der Waals surface area contributed by atoms with Gasteiger partial charge in [-0.15, -0.1) is 0 Å². The number of alkyl halides is 3. The van der Waals surface area contributed by atoms with Crippen LogP contribution in [0.15, 0.2) is 65.3 Å². The molecule has 2 amide bonds. The van der Waals surface area contributed by atoms with Crippen molar-refractivity contribution in [3.63, 3.8) is 0 Å². The molecule has 0 unspecified atom stereocenters. The lowest BCUT2D eigenvalue weighted by Crippen LogP contribution is -2.62. The number of fused-ring (bicyclic) bond motifs is 3. The summed E-state index contributed by atoms with van der Waals surface area (Å²) in [5, 5.41) is 2.74. The number of piperazine rings is 1. The fourth-order valence-electron chi connectivity index (χ4n) is 5.00. The Morgan fingerprint density at radius 3 is 2.58 bits per heavy atom. The molecule has 36 heavy (non-hydrogen) atoms. The second kappa shape index (κ2) is 9.33. The Morgan fingerprint density at radius 1 is 1.06 bits per heavy atom. The van der Waals surface area contributed by atoms with E-state index < -0.39 is 35.4 Å². The highest BCUT2D eigenvalue weighted by Gasteiger charge is 2.43. The van der Waals surface area contributed by atoms with Crippen LogP contribution in [0.2, 0.25) is 0 Å². The number of carbonyl (C=O) groups excluding carboxylic acids is 2. The Balaban J connectivity index is 1.43. The Kier molecular flexibility index (Phi) is 6.19. The third kappa shape index (κ3) is 4.55. The summed E-state index contributed by atoms with van der Waals surface area (Å²) < 4.78 is 59.5. The number of furan rings is 1. The zero-order valence-electron chi connectivity index (χ0n) is 19.1. The molecule has 2 aromatic carbocycles. The molecule has 6 nitrogen and oxygen atoms in total. The van der Waals surface area contributed by atoms with Crippen LogP contribution in [0.3, 0.4) is 0 Å². The SMILES string of the molecule is O=C(NCc1ccccc1F)[C@H]1Cc2cc(C(F)(F)F)ccc2N2CCN(C(=O)c3ccco3)C[C@H]12. The summed E-state index contributed by atoms with van der Waals surface area (Å²) in [6.45, 7) is 0.795. The van der Waals surface area contributed by atoms with Crippen LogP contribution in [0.1, 0.15) is 27.2 Å². The third-order valence-electron chi connectivity index (χ3n) is 6.81. The van der Waals surface area contributed by atoms with Gasteiger partial charge in [-0.1, -0.05) is 18.2 Å². The van der Waals surface area contributed by atoms with E-state index in [9.17, 15) is 27.2 Å². The van der Waals surface area contributed by atoms with Gasteiger partial charge in [0.2, 0.25) is 5.91 Å². The van der Waals surface area contributed by atoms with Gasteiger partial charge in [0.25, 0.3) is 5.91 Å². The van der Waals surface area contributed by atoms with Gasteiger partial charge in [0.1, 0.15) is 5.82 Å². The smallest absolute Gasteiger partial charge is 0.416 e. The number of hydrogen-bond donors (Lipinski definition) is 1. The number of benzene rings is 2. The molecule has 2 aliphatic rings. The van der Waals surface area contributed by atoms with Gasteiger partial charge in [-0.05, 0) is 48.4 Å². The van der Waals surface area contributed by atoms with Gasteiger partial charge in [-0.25, -0.2) is 4.39 Å². The fraction of sp³-hybridized carbons (Fsp3) is 0.308. The first-order chi connectivity index (χ1) is 17.2. The summed E-state index contributed by atoms with van der Waals surface area (Å²) in [4.78, 5) is 29.7. The van der Waals surface area contributed by atoms with Crippen molar-refractivity contribution in [2.45, 2.75) is 25.2 Å². The van der Waals surface area contributed by atoms with E-state index in [4.69, 9.17) is 4.42 Å². The molecule has 0 aliphatic carbocycles. The minimum atomic E-state index is -4.51. The molecule has 188 valence electrons. The molecule has 1 N–H and O–H groups in total. The molecule has 3 heterocycles. The second-order valence-electron chi connectivity index (χ2n) is 8.95. The van der Waals surface area contributed by atoms with Crippen molar-refractivity contribution in [3.8, 4) is 0 Å². The average Bonchev–Trinajstić information content (AvgIpc) is 3.41. The van der Waals surface area contributed by atoms with E-state index in [-0.39, 0.29) is 31.2 Å². The number of nitrogens with one attached hydrogen (secondary N) is 1. The molecule has 0 radical (unpaired) electrons. The van der Waals surface area contributed by atoms with E-state index in [1.807, 2.05) is 4.90 Å². The van der Waals surface area contributed by atoms with Crippen LogP contribution < -0.4 is 10.2 Å². The largest absolute Gasteiger partial charge is 0.459 e. The van der Waals surface area contributed by atoms with Gasteiger partial charge in [0, 0.05) is 37.4 Å². The first-order valence-electron chi connectivity index (χ1n) is 11.5. The van der Waals surface area contributed by atoms with Gasteiger partial charge in [0.05, 0.1) is 23.8 Å². The predicted octanol–water partition coefficient (Wildman–Crippen LogP) is 4.26. The number of anilines is 1. The first-order valence-corrected chi connectivity index (χ1v) is 11.5. The van der Waals surface area contributed by atoms with Crippen LogP contribution in [0.4, 0.5) is 23.2 Å². The maximum atomic E-state index is 14.1. The summed E-state index contributed by atoms with van der Waals surface area (Å²) in [5.74, 6) is -1.77. The lowest BCUT2D eigenvalue weighted by molar-refractivity contribution is -0.137. The van der Waals surface area contributed by atoms with Crippen molar-refractivity contribution < 1.29 is 31.6 Å². The van der Waals surface area contributed by atoms with E-state index in [0.29, 0.717) is 29.9 Å². The van der Waals surface area contributed by atoms with E-state index in [1.54, 1.807) is 35.2 Å². The molecule has 2 aliphatic heterocycles. The Morgan fingerprint density at radius 2 is 1.86 bits per heavy atom. The lowest BCUT2D eigenvalue weighted by Gasteiger charge is -2.49. The number of halogens is 4. The van der Waals surface area contributed by atoms with Crippen LogP contribution in [-0.4, -0.2) is 42.4 Å². The standard InChI is InChI=1S/C26H23F4N3O3/c27-20-5-2-1-4-16(20)14-31-24(34)19-13-17-12-18(26(28,29)30)7-8-21(17)33-10-9-32(15-22(19)33)25(35)23-6-3-11-36-23/h1-8,11-12,19,22H,9-10,13-15H2,(H,31,34)/t19-,22+/m0/s1. The normalized spacial score (nSPS) is 19.4. The maximum Gasteiger partial charge on any atom is 0.416 e. The van der Waals surface area contributed by atoms with Crippen LogP contribution in [0, 0.1) is 11.7 Å². The molecule has 0 saturated carbocycles. The molecule has 1 aromatic heterocycles. The molecule has 0 spiro atoms. The fourth-order valence-corrected chi connectivity index (χ4v) is 5.00. The van der Waals surface area contributed by atoms with Crippen molar-refractivity contribution >= 4 is 17.5 Å². The highest BCUT2D eigenvalue weighted by molar-refractivity contribution is 5.92. The van der Waals surface area contributed by atoms with E-state index in [2.05, 4.69) is 5.32 Å². The Bertz CT molecular complexity index is 1280. The average molecular weight is 501 g/mol. The molecule has 1 fully saturated rings. The Hall–Kier alpha value is -3.82. The van der Waals surface area contributed by atoms with Crippen molar-refractivity contribution in [1.82, 2.24) is 10.2 Å². The number of amides is 2. The minimum absolute atomic E-state index is 0.0563. The third-order valence-corrected chi connectivity index (χ3v) is 6.81. The van der Waals surface area contributed by atoms with Gasteiger partial charge in [0.15, 0.2) is 5.76 Å². The molecule has 2 atom stereocenters. The van der Waals surface area contributed by atoms with Crippen molar-refractivity contribution in [2.24, 2.45) is 5.92 Å². The first kappa shape index (κ1) is 23.9. The number of hydrogen-bond acceptors (Lipinski definition) is 4. The van der Waals surface area contributed by atoms with E-state index in [0.717, 1.165) is 12.1 Å².